The van der Waals surface area contributed by atoms with Gasteiger partial charge in [-0.1, -0.05) is 0 Å². The van der Waals surface area contributed by atoms with E-state index >= 15 is 0 Å². The summed E-state index contributed by atoms with van der Waals surface area (Å²) < 4.78 is 60.0. The van der Waals surface area contributed by atoms with Crippen molar-refractivity contribution in [1.82, 2.24) is 0 Å². The molecule has 13 atom stereocenters. The van der Waals surface area contributed by atoms with Crippen molar-refractivity contribution < 1.29 is 87.9 Å². The first-order valence-corrected chi connectivity index (χ1v) is 13.1. The topological polar surface area (TPSA) is 243 Å². The van der Waals surface area contributed by atoms with Crippen LogP contribution in [0.15, 0.2) is 0 Å². The lowest BCUT2D eigenvalue weighted by Gasteiger charge is -2.51. The highest BCUT2D eigenvalue weighted by Gasteiger charge is 2.61. The second-order valence-corrected chi connectivity index (χ2v) is 10.2. The van der Waals surface area contributed by atoms with E-state index in [-0.39, 0.29) is 19.8 Å². The molecule has 3 rings (SSSR count). The Hall–Kier alpha value is -0.720. The molecule has 0 bridgehead atoms. The third kappa shape index (κ3) is 7.06. The molecule has 3 aliphatic rings. The van der Waals surface area contributed by atoms with E-state index < -0.39 is 91.5 Å². The van der Waals surface area contributed by atoms with Crippen LogP contribution in [0.5, 0.6) is 0 Å². The number of methoxy groups -OCH3 is 6. The maximum atomic E-state index is 11.4. The molecular formula is C24H44O18. The quantitative estimate of drug-likeness (QED) is 0.0953. The fourth-order valence-corrected chi connectivity index (χ4v) is 5.40. The van der Waals surface area contributed by atoms with Crippen molar-refractivity contribution in [2.45, 2.75) is 91.5 Å². The average molecular weight is 621 g/mol. The molecule has 3 aliphatic heterocycles. The lowest BCUT2D eigenvalue weighted by Crippen LogP contribution is -2.71. The van der Waals surface area contributed by atoms with E-state index in [2.05, 4.69) is 0 Å². The Kier molecular flexibility index (Phi) is 12.8. The van der Waals surface area contributed by atoms with Gasteiger partial charge in [-0.25, -0.2) is 0 Å². The molecule has 4 unspecified atom stereocenters. The van der Waals surface area contributed by atoms with Crippen LogP contribution in [-0.4, -0.2) is 190 Å². The minimum atomic E-state index is -2.84. The molecule has 0 amide bonds. The molecule has 0 aromatic heterocycles. The zero-order valence-electron chi connectivity index (χ0n) is 24.2. The molecule has 0 spiro atoms. The normalized spacial score (nSPS) is 43.8. The van der Waals surface area contributed by atoms with E-state index in [0.717, 1.165) is 14.2 Å². The van der Waals surface area contributed by atoms with Gasteiger partial charge in [0.25, 0.3) is 0 Å². The Morgan fingerprint density at radius 1 is 0.548 bits per heavy atom. The van der Waals surface area contributed by atoms with Gasteiger partial charge in [-0.05, 0) is 0 Å². The van der Waals surface area contributed by atoms with Gasteiger partial charge in [0.2, 0.25) is 11.6 Å². The summed E-state index contributed by atoms with van der Waals surface area (Å²) in [5, 5.41) is 75.2. The Morgan fingerprint density at radius 2 is 1.10 bits per heavy atom. The van der Waals surface area contributed by atoms with Crippen molar-refractivity contribution in [2.24, 2.45) is 0 Å². The summed E-state index contributed by atoms with van der Waals surface area (Å²) in [5.41, 5.74) is 0. The second-order valence-electron chi connectivity index (χ2n) is 10.2. The number of rotatable bonds is 13. The summed E-state index contributed by atoms with van der Waals surface area (Å²) in [6.45, 7) is -0.686. The van der Waals surface area contributed by atoms with Gasteiger partial charge in [-0.3, -0.25) is 0 Å². The van der Waals surface area contributed by atoms with Crippen LogP contribution in [0, 0.1) is 0 Å². The van der Waals surface area contributed by atoms with Crippen LogP contribution in [0.3, 0.4) is 0 Å². The predicted molar refractivity (Wildman–Crippen MR) is 132 cm³/mol. The van der Waals surface area contributed by atoms with Crippen molar-refractivity contribution in [1.29, 1.82) is 0 Å². The zero-order valence-corrected chi connectivity index (χ0v) is 24.2. The fourth-order valence-electron chi connectivity index (χ4n) is 5.40. The number of hydrogen-bond acceptors (Lipinski definition) is 18. The summed E-state index contributed by atoms with van der Waals surface area (Å²) in [6, 6.07) is 0. The maximum absolute atomic E-state index is 11.4. The second kappa shape index (κ2) is 15.0. The van der Waals surface area contributed by atoms with E-state index in [1.54, 1.807) is 0 Å². The molecule has 0 aromatic rings. The van der Waals surface area contributed by atoms with Gasteiger partial charge in [0.15, 0.2) is 31.1 Å². The molecule has 0 saturated carbocycles. The van der Waals surface area contributed by atoms with Gasteiger partial charge < -0.3 is 87.9 Å². The van der Waals surface area contributed by atoms with E-state index in [4.69, 9.17) is 52.1 Å². The smallest absolute Gasteiger partial charge is 0.224 e. The summed E-state index contributed by atoms with van der Waals surface area (Å²) >= 11 is 0. The molecule has 42 heavy (non-hydrogen) atoms. The van der Waals surface area contributed by atoms with Crippen LogP contribution in [-0.2, 0) is 52.1 Å². The SMILES string of the molecule is COCC1O[C@@H](O[C@@H]2[C@H](COC)O[C@@H](O)C(OC)C2(O)O)[C@@H](OC)C(O)[C@@H]1O[C@@H]1O[C@@H](COC)[C@@H](O)C(O)(O)C1OC. The van der Waals surface area contributed by atoms with Crippen LogP contribution in [0.2, 0.25) is 0 Å². The molecule has 0 aliphatic carbocycles. The first kappa shape index (κ1) is 35.8. The molecule has 248 valence electrons. The van der Waals surface area contributed by atoms with Gasteiger partial charge in [0, 0.05) is 42.7 Å². The van der Waals surface area contributed by atoms with E-state index in [0.29, 0.717) is 0 Å². The van der Waals surface area contributed by atoms with Crippen LogP contribution in [0.25, 0.3) is 0 Å². The summed E-state index contributed by atoms with van der Waals surface area (Å²) in [5.74, 6) is -5.66. The highest BCUT2D eigenvalue weighted by atomic mass is 16.8. The van der Waals surface area contributed by atoms with Crippen molar-refractivity contribution in [3.63, 3.8) is 0 Å². The highest BCUT2D eigenvalue weighted by molar-refractivity contribution is 5.00. The van der Waals surface area contributed by atoms with Gasteiger partial charge >= 0.3 is 0 Å². The molecule has 7 N–H and O–H groups in total. The van der Waals surface area contributed by atoms with E-state index in [1.807, 2.05) is 0 Å². The zero-order chi connectivity index (χ0) is 31.4. The molecule has 0 radical (unpaired) electrons. The third-order valence-electron chi connectivity index (χ3n) is 7.47. The monoisotopic (exact) mass is 620 g/mol. The number of aliphatic hydroxyl groups excluding tert-OH is 3. The third-order valence-corrected chi connectivity index (χ3v) is 7.47. The minimum absolute atomic E-state index is 0.207. The van der Waals surface area contributed by atoms with Gasteiger partial charge in [-0.15, -0.1) is 0 Å². The largest absolute Gasteiger partial charge is 0.387 e. The van der Waals surface area contributed by atoms with Gasteiger partial charge in [0.05, 0.1) is 19.8 Å². The van der Waals surface area contributed by atoms with Gasteiger partial charge in [0.1, 0.15) is 48.8 Å². The Morgan fingerprint density at radius 3 is 1.64 bits per heavy atom. The van der Waals surface area contributed by atoms with Crippen molar-refractivity contribution in [3.8, 4) is 0 Å². The van der Waals surface area contributed by atoms with E-state index in [1.165, 1.54) is 28.4 Å². The highest BCUT2D eigenvalue weighted by Crippen LogP contribution is 2.37. The summed E-state index contributed by atoms with van der Waals surface area (Å²) in [6.07, 6.45) is -19.5. The minimum Gasteiger partial charge on any atom is -0.387 e. The fraction of sp³-hybridized carbons (Fsp3) is 1.00. The molecule has 0 aromatic carbocycles. The molecule has 3 fully saturated rings. The number of aliphatic hydroxyl groups is 7. The average Bonchev–Trinajstić information content (AvgIpc) is 2.92. The molecular weight excluding hydrogens is 576 g/mol. The Labute approximate surface area is 242 Å². The van der Waals surface area contributed by atoms with Crippen LogP contribution < -0.4 is 0 Å². The van der Waals surface area contributed by atoms with Crippen LogP contribution in [0.4, 0.5) is 0 Å². The lowest BCUT2D eigenvalue weighted by molar-refractivity contribution is -0.430. The molecule has 3 heterocycles. The summed E-state index contributed by atoms with van der Waals surface area (Å²) in [4.78, 5) is 0. The first-order chi connectivity index (χ1) is 19.8. The molecule has 18 heteroatoms. The number of ether oxygens (including phenoxy) is 11. The van der Waals surface area contributed by atoms with Crippen LogP contribution in [0.1, 0.15) is 0 Å². The predicted octanol–water partition coefficient (Wildman–Crippen LogP) is -5.01. The lowest BCUT2D eigenvalue weighted by atomic mass is 9.93. The van der Waals surface area contributed by atoms with Crippen molar-refractivity contribution in [2.75, 3.05) is 62.5 Å². The van der Waals surface area contributed by atoms with Gasteiger partial charge in [-0.2, -0.15) is 0 Å². The van der Waals surface area contributed by atoms with Crippen molar-refractivity contribution >= 4 is 0 Å². The number of hydrogen-bond donors (Lipinski definition) is 7. The first-order valence-electron chi connectivity index (χ1n) is 13.1. The molecule has 3 saturated heterocycles. The Balaban J connectivity index is 1.89. The van der Waals surface area contributed by atoms with Crippen LogP contribution >= 0.6 is 0 Å². The standard InChI is InChI=1S/C24H44O18/c1-32-7-10-14(41-22-19(37-6)23(28,29)16(26)11(40-22)8-33-2)13(25)15(35-4)21(39-10)42-17-12(9-34-3)38-20(27)18(36-5)24(17,30)31/h10-22,25-31H,7-9H2,1-6H3/t10?,11-,12-,13?,14+,15-,16+,17+,18?,19?,20+,21-,22-/m0/s1. The maximum Gasteiger partial charge on any atom is 0.224 e. The van der Waals surface area contributed by atoms with Crippen molar-refractivity contribution in [3.05, 3.63) is 0 Å². The van der Waals surface area contributed by atoms with E-state index in [9.17, 15) is 35.7 Å². The summed E-state index contributed by atoms with van der Waals surface area (Å²) in [7, 11) is 7.49. The Bertz CT molecular complexity index is 814. The molecule has 18 nitrogen and oxygen atoms in total.